The molecule has 0 fully saturated rings. The smallest absolute Gasteiger partial charge is 0.251 e. The van der Waals surface area contributed by atoms with Crippen LogP contribution in [-0.2, 0) is 14.6 Å². The first kappa shape index (κ1) is 20.6. The van der Waals surface area contributed by atoms with Gasteiger partial charge in [-0.2, -0.15) is 0 Å². The number of aryl methyl sites for hydroxylation is 2. The lowest BCUT2D eigenvalue weighted by Crippen LogP contribution is -2.38. The van der Waals surface area contributed by atoms with Crippen LogP contribution in [0.5, 0.6) is 0 Å². The highest BCUT2D eigenvalue weighted by molar-refractivity contribution is 7.90. The van der Waals surface area contributed by atoms with Crippen LogP contribution >= 0.6 is 0 Å². The molecule has 0 aliphatic carbocycles. The maximum atomic E-state index is 12.2. The van der Waals surface area contributed by atoms with Crippen LogP contribution in [0.25, 0.3) is 0 Å². The van der Waals surface area contributed by atoms with E-state index in [1.54, 1.807) is 31.2 Å². The van der Waals surface area contributed by atoms with E-state index in [-0.39, 0.29) is 29.3 Å². The van der Waals surface area contributed by atoms with Gasteiger partial charge in [0.15, 0.2) is 9.84 Å². The summed E-state index contributed by atoms with van der Waals surface area (Å²) in [6, 6.07) is 11.4. The molecule has 2 rings (SSSR count). The standard InChI is InChI=1S/C20H24N2O4S/c1-13-5-6-17(11-14(13)2)20(24)21-12-19(23)22-15(3)16-7-9-18(10-8-16)27(4,25)26/h5-11,15H,12H2,1-4H3,(H,21,24)(H,22,23). The fraction of sp³-hybridized carbons (Fsp3) is 0.300. The largest absolute Gasteiger partial charge is 0.348 e. The number of sulfone groups is 1. The molecule has 2 aromatic rings. The summed E-state index contributed by atoms with van der Waals surface area (Å²) in [6.07, 6.45) is 1.14. The van der Waals surface area contributed by atoms with Crippen molar-refractivity contribution < 1.29 is 18.0 Å². The van der Waals surface area contributed by atoms with Gasteiger partial charge < -0.3 is 10.6 Å². The molecule has 0 aromatic heterocycles. The summed E-state index contributed by atoms with van der Waals surface area (Å²) in [7, 11) is -3.25. The zero-order valence-electron chi connectivity index (χ0n) is 15.9. The molecule has 0 saturated carbocycles. The fourth-order valence-corrected chi connectivity index (χ4v) is 3.16. The van der Waals surface area contributed by atoms with E-state index in [9.17, 15) is 18.0 Å². The molecular formula is C20H24N2O4S. The average molecular weight is 388 g/mol. The summed E-state index contributed by atoms with van der Waals surface area (Å²) in [5.74, 6) is -0.634. The van der Waals surface area contributed by atoms with Crippen LogP contribution < -0.4 is 10.6 Å². The quantitative estimate of drug-likeness (QED) is 0.794. The molecule has 6 nitrogen and oxygen atoms in total. The molecule has 0 saturated heterocycles. The van der Waals surface area contributed by atoms with Gasteiger partial charge in [-0.05, 0) is 61.7 Å². The summed E-state index contributed by atoms with van der Waals surface area (Å²) >= 11 is 0. The van der Waals surface area contributed by atoms with Crippen molar-refractivity contribution in [2.24, 2.45) is 0 Å². The normalized spacial score (nSPS) is 12.3. The zero-order chi connectivity index (χ0) is 20.2. The molecule has 0 aliphatic heterocycles. The molecule has 2 amide bonds. The number of benzene rings is 2. The van der Waals surface area contributed by atoms with E-state index in [0.717, 1.165) is 22.9 Å². The predicted molar refractivity (Wildman–Crippen MR) is 104 cm³/mol. The Labute approximate surface area is 159 Å². The van der Waals surface area contributed by atoms with Gasteiger partial charge in [0.05, 0.1) is 17.5 Å². The number of carbonyl (C=O) groups is 2. The molecule has 7 heteroatoms. The van der Waals surface area contributed by atoms with Gasteiger partial charge in [0.2, 0.25) is 5.91 Å². The second-order valence-corrected chi connectivity index (χ2v) is 8.63. The maximum Gasteiger partial charge on any atom is 0.251 e. The van der Waals surface area contributed by atoms with E-state index < -0.39 is 9.84 Å². The van der Waals surface area contributed by atoms with E-state index in [1.807, 2.05) is 19.9 Å². The van der Waals surface area contributed by atoms with Gasteiger partial charge in [0, 0.05) is 11.8 Å². The Hall–Kier alpha value is -2.67. The number of rotatable bonds is 6. The Morgan fingerprint density at radius 3 is 2.19 bits per heavy atom. The van der Waals surface area contributed by atoms with Crippen molar-refractivity contribution in [3.05, 3.63) is 64.7 Å². The number of amides is 2. The topological polar surface area (TPSA) is 92.3 Å². The molecule has 0 spiro atoms. The molecule has 0 bridgehead atoms. The maximum absolute atomic E-state index is 12.2. The van der Waals surface area contributed by atoms with Gasteiger partial charge in [-0.25, -0.2) is 8.42 Å². The monoisotopic (exact) mass is 388 g/mol. The van der Waals surface area contributed by atoms with Gasteiger partial charge in [0.1, 0.15) is 0 Å². The first-order valence-electron chi connectivity index (χ1n) is 8.53. The molecule has 0 aliphatic rings. The van der Waals surface area contributed by atoms with Gasteiger partial charge in [-0.15, -0.1) is 0 Å². The third-order valence-corrected chi connectivity index (χ3v) is 5.49. The van der Waals surface area contributed by atoms with E-state index in [4.69, 9.17) is 0 Å². The van der Waals surface area contributed by atoms with Crippen molar-refractivity contribution in [3.63, 3.8) is 0 Å². The Balaban J connectivity index is 1.91. The highest BCUT2D eigenvalue weighted by atomic mass is 32.2. The number of carbonyl (C=O) groups excluding carboxylic acids is 2. The number of hydrogen-bond acceptors (Lipinski definition) is 4. The van der Waals surface area contributed by atoms with Crippen molar-refractivity contribution in [2.75, 3.05) is 12.8 Å². The zero-order valence-corrected chi connectivity index (χ0v) is 16.7. The highest BCUT2D eigenvalue weighted by Crippen LogP contribution is 2.16. The highest BCUT2D eigenvalue weighted by Gasteiger charge is 2.13. The van der Waals surface area contributed by atoms with Gasteiger partial charge >= 0.3 is 0 Å². The molecular weight excluding hydrogens is 364 g/mol. The Kier molecular flexibility index (Phi) is 6.38. The Morgan fingerprint density at radius 2 is 1.63 bits per heavy atom. The number of nitrogens with one attached hydrogen (secondary N) is 2. The minimum Gasteiger partial charge on any atom is -0.348 e. The molecule has 2 N–H and O–H groups in total. The van der Waals surface area contributed by atoms with Crippen LogP contribution in [0.1, 0.15) is 40.0 Å². The van der Waals surface area contributed by atoms with Crippen molar-refractivity contribution in [3.8, 4) is 0 Å². The van der Waals surface area contributed by atoms with Crippen LogP contribution in [0.15, 0.2) is 47.4 Å². The van der Waals surface area contributed by atoms with Crippen molar-refractivity contribution >= 4 is 21.7 Å². The minimum atomic E-state index is -3.25. The van der Waals surface area contributed by atoms with E-state index in [0.29, 0.717) is 5.56 Å². The molecule has 1 atom stereocenters. The van der Waals surface area contributed by atoms with E-state index >= 15 is 0 Å². The molecule has 2 aromatic carbocycles. The summed E-state index contributed by atoms with van der Waals surface area (Å²) in [6.45, 7) is 5.54. The Morgan fingerprint density at radius 1 is 1.00 bits per heavy atom. The molecule has 0 radical (unpaired) electrons. The summed E-state index contributed by atoms with van der Waals surface area (Å²) in [5.41, 5.74) is 3.39. The SMILES string of the molecule is Cc1ccc(C(=O)NCC(=O)NC(C)c2ccc(S(C)(=O)=O)cc2)cc1C. The average Bonchev–Trinajstić information content (AvgIpc) is 2.61. The first-order chi connectivity index (χ1) is 12.6. The van der Waals surface area contributed by atoms with E-state index in [2.05, 4.69) is 10.6 Å². The lowest BCUT2D eigenvalue weighted by atomic mass is 10.1. The van der Waals surface area contributed by atoms with Gasteiger partial charge in [0.25, 0.3) is 5.91 Å². The van der Waals surface area contributed by atoms with Crippen LogP contribution in [0, 0.1) is 13.8 Å². The second kappa shape index (κ2) is 8.35. The summed E-state index contributed by atoms with van der Waals surface area (Å²) < 4.78 is 23.0. The van der Waals surface area contributed by atoms with Gasteiger partial charge in [-0.3, -0.25) is 9.59 Å². The molecule has 0 heterocycles. The minimum absolute atomic E-state index is 0.141. The van der Waals surface area contributed by atoms with Crippen molar-refractivity contribution in [1.82, 2.24) is 10.6 Å². The fourth-order valence-electron chi connectivity index (χ4n) is 2.52. The lowest BCUT2D eigenvalue weighted by Gasteiger charge is -2.15. The van der Waals surface area contributed by atoms with Crippen LogP contribution in [-0.4, -0.2) is 33.0 Å². The third kappa shape index (κ3) is 5.65. The Bertz CT molecular complexity index is 950. The predicted octanol–water partition coefficient (Wildman–Crippen LogP) is 2.31. The summed E-state index contributed by atoms with van der Waals surface area (Å²) in [4.78, 5) is 24.5. The van der Waals surface area contributed by atoms with Crippen LogP contribution in [0.3, 0.4) is 0 Å². The first-order valence-corrected chi connectivity index (χ1v) is 10.4. The van der Waals surface area contributed by atoms with Crippen LogP contribution in [0.2, 0.25) is 0 Å². The molecule has 27 heavy (non-hydrogen) atoms. The van der Waals surface area contributed by atoms with Crippen LogP contribution in [0.4, 0.5) is 0 Å². The summed E-state index contributed by atoms with van der Waals surface area (Å²) in [5, 5.41) is 5.38. The third-order valence-electron chi connectivity index (χ3n) is 4.36. The van der Waals surface area contributed by atoms with Gasteiger partial charge in [-0.1, -0.05) is 18.2 Å². The molecule has 1 unspecified atom stereocenters. The molecule has 144 valence electrons. The van der Waals surface area contributed by atoms with Crippen molar-refractivity contribution in [2.45, 2.75) is 31.7 Å². The second-order valence-electron chi connectivity index (χ2n) is 6.61. The van der Waals surface area contributed by atoms with E-state index in [1.165, 1.54) is 12.1 Å². The van der Waals surface area contributed by atoms with Crippen molar-refractivity contribution in [1.29, 1.82) is 0 Å². The lowest BCUT2D eigenvalue weighted by molar-refractivity contribution is -0.120. The number of hydrogen-bond donors (Lipinski definition) is 2.